The number of hydrogen-bond acceptors (Lipinski definition) is 4. The monoisotopic (exact) mass is 391 g/mol. The van der Waals surface area contributed by atoms with Crippen molar-refractivity contribution >= 4 is 35.2 Å². The van der Waals surface area contributed by atoms with Crippen molar-refractivity contribution in [2.24, 2.45) is 0 Å². The van der Waals surface area contributed by atoms with Gasteiger partial charge in [0, 0.05) is 19.1 Å². The lowest BCUT2D eigenvalue weighted by Gasteiger charge is -2.33. The smallest absolute Gasteiger partial charge is 0.407 e. The Morgan fingerprint density at radius 2 is 2.04 bits per heavy atom. The van der Waals surface area contributed by atoms with Gasteiger partial charge < -0.3 is 15.0 Å². The molecule has 0 bridgehead atoms. The number of carbonyl (C=O) groups is 2. The van der Waals surface area contributed by atoms with Gasteiger partial charge in [0.1, 0.15) is 10.8 Å². The minimum Gasteiger partial charge on any atom is -0.444 e. The minimum absolute atomic E-state index is 0.0542. The summed E-state index contributed by atoms with van der Waals surface area (Å²) in [6.45, 7) is 6.07. The number of nitrogens with one attached hydrogen (secondary N) is 1. The van der Waals surface area contributed by atoms with E-state index in [0.29, 0.717) is 19.4 Å². The first-order valence-electron chi connectivity index (χ1n) is 7.87. The molecule has 2 rings (SSSR count). The number of carbonyl (C=O) groups excluding carboxylic acids is 2. The molecule has 1 N–H and O–H groups in total. The third kappa shape index (κ3) is 5.44. The van der Waals surface area contributed by atoms with E-state index < -0.39 is 23.4 Å². The number of nitrogens with zero attached hydrogens (tertiary/aromatic N) is 2. The summed E-state index contributed by atoms with van der Waals surface area (Å²) in [5, 5.41) is 2.21. The number of alkyl carbamates (subject to hydrolysis) is 1. The van der Waals surface area contributed by atoms with Gasteiger partial charge in [-0.05, 0) is 39.7 Å². The van der Waals surface area contributed by atoms with Crippen molar-refractivity contribution in [1.82, 2.24) is 15.2 Å². The lowest BCUT2D eigenvalue weighted by atomic mass is 10.0. The van der Waals surface area contributed by atoms with Crippen LogP contribution in [0.4, 0.5) is 9.18 Å². The minimum atomic E-state index is -0.810. The zero-order valence-corrected chi connectivity index (χ0v) is 15.7. The second-order valence-corrected chi connectivity index (χ2v) is 7.55. The summed E-state index contributed by atoms with van der Waals surface area (Å²) >= 11 is 11.5. The van der Waals surface area contributed by atoms with Gasteiger partial charge in [0.25, 0.3) is 5.91 Å². The van der Waals surface area contributed by atoms with E-state index in [4.69, 9.17) is 27.9 Å². The molecule has 6 nitrogen and oxygen atoms in total. The number of hydrogen-bond donors (Lipinski definition) is 1. The van der Waals surface area contributed by atoms with E-state index in [1.807, 2.05) is 0 Å². The van der Waals surface area contributed by atoms with Gasteiger partial charge in [-0.1, -0.05) is 23.2 Å². The van der Waals surface area contributed by atoms with Crippen LogP contribution in [0.25, 0.3) is 0 Å². The third-order valence-corrected chi connectivity index (χ3v) is 4.10. The highest BCUT2D eigenvalue weighted by Gasteiger charge is 2.29. The fourth-order valence-corrected chi connectivity index (χ4v) is 2.92. The van der Waals surface area contributed by atoms with Crippen LogP contribution in [-0.4, -0.2) is 46.6 Å². The molecule has 1 aromatic heterocycles. The third-order valence-electron chi connectivity index (χ3n) is 3.55. The van der Waals surface area contributed by atoms with Gasteiger partial charge in [-0.25, -0.2) is 14.2 Å². The summed E-state index contributed by atoms with van der Waals surface area (Å²) in [7, 11) is 0. The van der Waals surface area contributed by atoms with Crippen LogP contribution in [0.5, 0.6) is 0 Å². The molecule has 0 radical (unpaired) electrons. The van der Waals surface area contributed by atoms with Gasteiger partial charge in [0.05, 0.1) is 5.56 Å². The maximum absolute atomic E-state index is 13.6. The molecule has 1 atom stereocenters. The lowest BCUT2D eigenvalue weighted by molar-refractivity contribution is 0.0452. The van der Waals surface area contributed by atoms with E-state index >= 15 is 0 Å². The molecule has 0 spiro atoms. The van der Waals surface area contributed by atoms with Crippen LogP contribution >= 0.6 is 23.2 Å². The Balaban J connectivity index is 2.04. The Hall–Kier alpha value is -1.60. The van der Waals surface area contributed by atoms with Gasteiger partial charge in [-0.15, -0.1) is 0 Å². The fraction of sp³-hybridized carbons (Fsp3) is 0.562. The topological polar surface area (TPSA) is 71.5 Å². The number of aromatic nitrogens is 1. The second-order valence-electron chi connectivity index (χ2n) is 6.84. The Morgan fingerprint density at radius 1 is 1.36 bits per heavy atom. The van der Waals surface area contributed by atoms with Crippen LogP contribution in [0.2, 0.25) is 10.3 Å². The average molecular weight is 392 g/mol. The molecule has 0 saturated carbocycles. The van der Waals surface area contributed by atoms with E-state index in [1.165, 1.54) is 4.90 Å². The molecular formula is C16H20Cl2FN3O3. The summed E-state index contributed by atoms with van der Waals surface area (Å²) in [6.07, 6.45) is 0.862. The second kappa shape index (κ2) is 7.74. The van der Waals surface area contributed by atoms with Gasteiger partial charge >= 0.3 is 6.09 Å². The molecule has 2 amide bonds. The Kier molecular flexibility index (Phi) is 6.11. The molecule has 0 aromatic carbocycles. The molecular weight excluding hydrogens is 372 g/mol. The summed E-state index contributed by atoms with van der Waals surface area (Å²) in [5.41, 5.74) is -0.657. The predicted octanol–water partition coefficient (Wildman–Crippen LogP) is 3.66. The lowest BCUT2D eigenvalue weighted by Crippen LogP contribution is -2.50. The van der Waals surface area contributed by atoms with Crippen molar-refractivity contribution in [3.8, 4) is 0 Å². The van der Waals surface area contributed by atoms with Crippen LogP contribution in [-0.2, 0) is 4.74 Å². The van der Waals surface area contributed by atoms with Crippen molar-refractivity contribution in [2.45, 2.75) is 45.3 Å². The van der Waals surface area contributed by atoms with Crippen molar-refractivity contribution in [3.05, 3.63) is 27.8 Å². The molecule has 1 aromatic rings. The fourth-order valence-electron chi connectivity index (χ4n) is 2.52. The van der Waals surface area contributed by atoms with Gasteiger partial charge in [0.2, 0.25) is 0 Å². The zero-order chi connectivity index (χ0) is 18.8. The van der Waals surface area contributed by atoms with E-state index in [1.54, 1.807) is 20.8 Å². The molecule has 0 unspecified atom stereocenters. The predicted molar refractivity (Wildman–Crippen MR) is 92.5 cm³/mol. The quantitative estimate of drug-likeness (QED) is 0.780. The first-order chi connectivity index (χ1) is 11.6. The highest BCUT2D eigenvalue weighted by atomic mass is 35.5. The molecule has 1 aliphatic rings. The average Bonchev–Trinajstić information content (AvgIpc) is 2.48. The number of halogens is 3. The van der Waals surface area contributed by atoms with E-state index in [9.17, 15) is 14.0 Å². The van der Waals surface area contributed by atoms with Gasteiger partial charge in [-0.2, -0.15) is 0 Å². The Bertz CT molecular complexity index is 679. The maximum Gasteiger partial charge on any atom is 0.407 e. The number of ether oxygens (including phenoxy) is 1. The molecule has 138 valence electrons. The van der Waals surface area contributed by atoms with Crippen LogP contribution in [0.3, 0.4) is 0 Å². The standard InChI is InChI=1S/C16H20Cl2FN3O3/c1-16(2,3)25-15(24)20-9-5-4-6-22(8-9)14(23)10-7-11(19)13(18)21-12(10)17/h7,9H,4-6,8H2,1-3H3,(H,20,24)/t9-/m1/s1. The van der Waals surface area contributed by atoms with Crippen LogP contribution in [0.1, 0.15) is 44.0 Å². The summed E-state index contributed by atoms with van der Waals surface area (Å²) in [5.74, 6) is -1.27. The number of rotatable bonds is 2. The van der Waals surface area contributed by atoms with Crippen molar-refractivity contribution in [2.75, 3.05) is 13.1 Å². The largest absolute Gasteiger partial charge is 0.444 e. The number of pyridine rings is 1. The zero-order valence-electron chi connectivity index (χ0n) is 14.2. The van der Waals surface area contributed by atoms with Crippen LogP contribution < -0.4 is 5.32 Å². The van der Waals surface area contributed by atoms with E-state index in [2.05, 4.69) is 10.3 Å². The molecule has 1 saturated heterocycles. The number of likely N-dealkylation sites (tertiary alicyclic amines) is 1. The SMILES string of the molecule is CC(C)(C)OC(=O)N[C@@H]1CCCN(C(=O)c2cc(F)c(Cl)nc2Cl)C1. The van der Waals surface area contributed by atoms with Gasteiger partial charge in [-0.3, -0.25) is 4.79 Å². The highest BCUT2D eigenvalue weighted by molar-refractivity contribution is 6.34. The number of piperidine rings is 1. The molecule has 0 aliphatic carbocycles. The molecule has 1 fully saturated rings. The molecule has 25 heavy (non-hydrogen) atoms. The maximum atomic E-state index is 13.6. The summed E-state index contributed by atoms with van der Waals surface area (Å²) in [6, 6.07) is 0.724. The molecule has 9 heteroatoms. The first-order valence-corrected chi connectivity index (χ1v) is 8.63. The summed E-state index contributed by atoms with van der Waals surface area (Å²) in [4.78, 5) is 29.6. The first kappa shape index (κ1) is 19.7. The van der Waals surface area contributed by atoms with E-state index in [-0.39, 0.29) is 28.5 Å². The number of amides is 2. The van der Waals surface area contributed by atoms with Crippen molar-refractivity contribution < 1.29 is 18.7 Å². The van der Waals surface area contributed by atoms with E-state index in [0.717, 1.165) is 6.07 Å². The Labute approximate surface area is 155 Å². The van der Waals surface area contributed by atoms with Crippen molar-refractivity contribution in [1.29, 1.82) is 0 Å². The van der Waals surface area contributed by atoms with Crippen LogP contribution in [0, 0.1) is 5.82 Å². The van der Waals surface area contributed by atoms with Crippen LogP contribution in [0.15, 0.2) is 6.07 Å². The molecule has 2 heterocycles. The van der Waals surface area contributed by atoms with Gasteiger partial charge in [0.15, 0.2) is 11.0 Å². The van der Waals surface area contributed by atoms with Crippen molar-refractivity contribution in [3.63, 3.8) is 0 Å². The highest BCUT2D eigenvalue weighted by Crippen LogP contribution is 2.23. The molecule has 1 aliphatic heterocycles. The Morgan fingerprint density at radius 3 is 2.68 bits per heavy atom. The normalized spacial score (nSPS) is 18.0. The summed E-state index contributed by atoms with van der Waals surface area (Å²) < 4.78 is 18.8.